The Morgan fingerprint density at radius 2 is 2.00 bits per heavy atom. The predicted octanol–water partition coefficient (Wildman–Crippen LogP) is 2.51. The van der Waals surface area contributed by atoms with Gasteiger partial charge in [0.15, 0.2) is 0 Å². The van der Waals surface area contributed by atoms with Crippen LogP contribution >= 0.6 is 11.3 Å². The molecule has 1 atom stereocenters. The Morgan fingerprint density at radius 3 is 2.70 bits per heavy atom. The zero-order valence-corrected chi connectivity index (χ0v) is 17.6. The van der Waals surface area contributed by atoms with Crippen LogP contribution in [0.15, 0.2) is 47.4 Å². The number of methoxy groups -OCH3 is 1. The number of benzene rings is 1. The van der Waals surface area contributed by atoms with Crippen molar-refractivity contribution in [3.63, 3.8) is 0 Å². The normalized spacial score (nSPS) is 21.9. The summed E-state index contributed by atoms with van der Waals surface area (Å²) in [5.41, 5.74) is 0.569. The molecular weight excluding hydrogens is 404 g/mol. The highest BCUT2D eigenvalue weighted by molar-refractivity contribution is 7.10. The number of hydrogen-bond donors (Lipinski definition) is 1. The van der Waals surface area contributed by atoms with Crippen LogP contribution in [0.4, 0.5) is 0 Å². The molecule has 0 bridgehead atoms. The van der Waals surface area contributed by atoms with Gasteiger partial charge in [0.05, 0.1) is 31.9 Å². The molecule has 1 amide bonds. The molecule has 2 saturated heterocycles. The summed E-state index contributed by atoms with van der Waals surface area (Å²) < 4.78 is 10.6. The van der Waals surface area contributed by atoms with E-state index in [1.807, 2.05) is 17.5 Å². The monoisotopic (exact) mass is 428 g/mol. The number of aliphatic hydroxyl groups excluding tert-OH is 1. The minimum Gasteiger partial charge on any atom is -0.507 e. The summed E-state index contributed by atoms with van der Waals surface area (Å²) in [5, 5.41) is 12.9. The zero-order valence-electron chi connectivity index (χ0n) is 16.7. The quantitative estimate of drug-likeness (QED) is 0.433. The third kappa shape index (κ3) is 3.98. The standard InChI is InChI=1S/C22H24N2O5S/c1-28-16-5-2-4-15(14-16)20(25)18-19(17-6-3-13-30-17)24(22(27)21(18)26)8-7-23-9-11-29-12-10-23/h2-6,13-14,19,25H,7-12H2,1H3/b20-18+/t19-/m0/s1. The van der Waals surface area contributed by atoms with Crippen molar-refractivity contribution in [2.24, 2.45) is 0 Å². The van der Waals surface area contributed by atoms with Crippen LogP contribution in [0.5, 0.6) is 5.75 Å². The van der Waals surface area contributed by atoms with Crippen molar-refractivity contribution < 1.29 is 24.2 Å². The van der Waals surface area contributed by atoms with Gasteiger partial charge in [-0.25, -0.2) is 0 Å². The van der Waals surface area contributed by atoms with Gasteiger partial charge in [-0.1, -0.05) is 18.2 Å². The van der Waals surface area contributed by atoms with E-state index in [4.69, 9.17) is 9.47 Å². The lowest BCUT2D eigenvalue weighted by atomic mass is 9.99. The Kier molecular flexibility index (Phi) is 6.17. The Balaban J connectivity index is 1.69. The van der Waals surface area contributed by atoms with Crippen molar-refractivity contribution in [2.45, 2.75) is 6.04 Å². The van der Waals surface area contributed by atoms with Crippen LogP contribution in [0.25, 0.3) is 5.76 Å². The average molecular weight is 429 g/mol. The van der Waals surface area contributed by atoms with Crippen LogP contribution in [-0.2, 0) is 14.3 Å². The lowest BCUT2D eigenvalue weighted by Crippen LogP contribution is -2.42. The maximum Gasteiger partial charge on any atom is 0.295 e. The van der Waals surface area contributed by atoms with Crippen molar-refractivity contribution in [3.8, 4) is 5.75 Å². The molecule has 0 saturated carbocycles. The topological polar surface area (TPSA) is 79.3 Å². The van der Waals surface area contributed by atoms with Crippen molar-refractivity contribution in [3.05, 3.63) is 57.8 Å². The summed E-state index contributed by atoms with van der Waals surface area (Å²) in [7, 11) is 1.54. The van der Waals surface area contributed by atoms with Gasteiger partial charge >= 0.3 is 0 Å². The second-order valence-electron chi connectivity index (χ2n) is 7.19. The second-order valence-corrected chi connectivity index (χ2v) is 8.17. The molecule has 3 heterocycles. The fourth-order valence-electron chi connectivity index (χ4n) is 3.85. The van der Waals surface area contributed by atoms with E-state index in [1.165, 1.54) is 18.4 Å². The van der Waals surface area contributed by atoms with Gasteiger partial charge < -0.3 is 19.5 Å². The molecule has 2 aliphatic heterocycles. The summed E-state index contributed by atoms with van der Waals surface area (Å²) in [5.74, 6) is -0.852. The highest BCUT2D eigenvalue weighted by atomic mass is 32.1. The van der Waals surface area contributed by atoms with Gasteiger partial charge in [0, 0.05) is 36.6 Å². The molecule has 2 aromatic rings. The number of carbonyl (C=O) groups excluding carboxylic acids is 2. The van der Waals surface area contributed by atoms with Gasteiger partial charge in [0.2, 0.25) is 0 Å². The molecular formula is C22H24N2O5S. The van der Waals surface area contributed by atoms with Crippen molar-refractivity contribution in [1.82, 2.24) is 9.80 Å². The van der Waals surface area contributed by atoms with E-state index in [1.54, 1.807) is 29.2 Å². The van der Waals surface area contributed by atoms with Crippen molar-refractivity contribution in [2.75, 3.05) is 46.5 Å². The number of nitrogens with zero attached hydrogens (tertiary/aromatic N) is 2. The number of carbonyl (C=O) groups is 2. The summed E-state index contributed by atoms with van der Waals surface area (Å²) in [6.45, 7) is 4.00. The third-order valence-electron chi connectivity index (χ3n) is 5.46. The van der Waals surface area contributed by atoms with Crippen LogP contribution in [0.3, 0.4) is 0 Å². The largest absolute Gasteiger partial charge is 0.507 e. The maximum atomic E-state index is 13.0. The molecule has 1 aromatic heterocycles. The fraction of sp³-hybridized carbons (Fsp3) is 0.364. The number of thiophene rings is 1. The molecule has 1 N–H and O–H groups in total. The average Bonchev–Trinajstić information content (AvgIpc) is 3.40. The Bertz CT molecular complexity index is 950. The number of morpholine rings is 1. The Hall–Kier alpha value is -2.68. The summed E-state index contributed by atoms with van der Waals surface area (Å²) in [4.78, 5) is 30.5. The number of ketones is 1. The Labute approximate surface area is 179 Å². The highest BCUT2D eigenvalue weighted by Gasteiger charge is 2.46. The molecule has 8 heteroatoms. The summed E-state index contributed by atoms with van der Waals surface area (Å²) in [6.07, 6.45) is 0. The molecule has 1 aromatic carbocycles. The van der Waals surface area contributed by atoms with Crippen molar-refractivity contribution >= 4 is 28.8 Å². The van der Waals surface area contributed by atoms with E-state index in [-0.39, 0.29) is 11.3 Å². The molecule has 7 nitrogen and oxygen atoms in total. The fourth-order valence-corrected chi connectivity index (χ4v) is 4.70. The minimum atomic E-state index is -0.657. The SMILES string of the molecule is COc1cccc(/C(O)=C2\C(=O)C(=O)N(CCN3CCOCC3)[C@H]2c2cccs2)c1. The first kappa shape index (κ1) is 20.6. The molecule has 158 valence electrons. The molecule has 0 unspecified atom stereocenters. The van der Waals surface area contributed by atoms with Crippen LogP contribution in [0.2, 0.25) is 0 Å². The van der Waals surface area contributed by atoms with Gasteiger partial charge in [0.1, 0.15) is 11.5 Å². The van der Waals surface area contributed by atoms with Gasteiger partial charge in [-0.3, -0.25) is 14.5 Å². The second kappa shape index (κ2) is 8.99. The molecule has 0 aliphatic carbocycles. The summed E-state index contributed by atoms with van der Waals surface area (Å²) >= 11 is 1.46. The molecule has 2 aliphatic rings. The van der Waals surface area contributed by atoms with E-state index in [0.717, 1.165) is 18.0 Å². The number of amides is 1. The van der Waals surface area contributed by atoms with Crippen molar-refractivity contribution in [1.29, 1.82) is 0 Å². The van der Waals surface area contributed by atoms with Gasteiger partial charge in [-0.15, -0.1) is 11.3 Å². The van der Waals surface area contributed by atoms with Crippen LogP contribution in [-0.4, -0.2) is 73.1 Å². The zero-order chi connectivity index (χ0) is 21.1. The van der Waals surface area contributed by atoms with E-state index in [2.05, 4.69) is 4.90 Å². The number of rotatable bonds is 6. The number of hydrogen-bond acceptors (Lipinski definition) is 7. The molecule has 0 radical (unpaired) electrons. The van der Waals surface area contributed by atoms with Gasteiger partial charge in [-0.2, -0.15) is 0 Å². The number of ether oxygens (including phenoxy) is 2. The van der Waals surface area contributed by atoms with E-state index < -0.39 is 17.7 Å². The number of Topliss-reactive ketones (excluding diaryl/α,β-unsaturated/α-hetero) is 1. The Morgan fingerprint density at radius 1 is 1.20 bits per heavy atom. The highest BCUT2D eigenvalue weighted by Crippen LogP contribution is 2.41. The molecule has 30 heavy (non-hydrogen) atoms. The van der Waals surface area contributed by atoms with Gasteiger partial charge in [-0.05, 0) is 23.6 Å². The first-order valence-corrected chi connectivity index (χ1v) is 10.7. The van der Waals surface area contributed by atoms with E-state index in [0.29, 0.717) is 37.6 Å². The number of aliphatic hydroxyl groups is 1. The first-order chi connectivity index (χ1) is 14.6. The molecule has 0 spiro atoms. The molecule has 4 rings (SSSR count). The number of likely N-dealkylation sites (tertiary alicyclic amines) is 1. The van der Waals surface area contributed by atoms with Gasteiger partial charge in [0.25, 0.3) is 11.7 Å². The van der Waals surface area contributed by atoms with E-state index >= 15 is 0 Å². The van der Waals surface area contributed by atoms with E-state index in [9.17, 15) is 14.7 Å². The third-order valence-corrected chi connectivity index (χ3v) is 6.38. The van der Waals surface area contributed by atoms with Crippen LogP contribution in [0, 0.1) is 0 Å². The molecule has 2 fully saturated rings. The smallest absolute Gasteiger partial charge is 0.295 e. The summed E-state index contributed by atoms with van der Waals surface area (Å²) in [6, 6.07) is 10.0. The minimum absolute atomic E-state index is 0.123. The van der Waals surface area contributed by atoms with Crippen LogP contribution in [0.1, 0.15) is 16.5 Å². The predicted molar refractivity (Wildman–Crippen MR) is 114 cm³/mol. The maximum absolute atomic E-state index is 13.0. The lowest BCUT2D eigenvalue weighted by Gasteiger charge is -2.30. The lowest BCUT2D eigenvalue weighted by molar-refractivity contribution is -0.140. The first-order valence-electron chi connectivity index (χ1n) is 9.86. The van der Waals surface area contributed by atoms with Crippen LogP contribution < -0.4 is 4.74 Å².